The number of hydrogen-bond donors (Lipinski definition) is 3. The number of hydrogen-bond acceptors (Lipinski definition) is 4. The van der Waals surface area contributed by atoms with Crippen LogP contribution in [0.25, 0.3) is 11.0 Å². The van der Waals surface area contributed by atoms with Crippen LogP contribution in [0.5, 0.6) is 0 Å². The molecule has 9 heteroatoms. The first-order valence-corrected chi connectivity index (χ1v) is 8.13. The Bertz CT molecular complexity index is 1020. The first-order chi connectivity index (χ1) is 10.4. The maximum absolute atomic E-state index is 12.9. The van der Waals surface area contributed by atoms with Gasteiger partial charge in [0.25, 0.3) is 0 Å². The molecule has 4 rings (SSSR count). The molecule has 22 heavy (non-hydrogen) atoms. The third-order valence-electron chi connectivity index (χ3n) is 3.92. The maximum atomic E-state index is 12.9. The Labute approximate surface area is 125 Å². The minimum atomic E-state index is -3.64. The van der Waals surface area contributed by atoms with Gasteiger partial charge in [-0.1, -0.05) is 0 Å². The van der Waals surface area contributed by atoms with Gasteiger partial charge in [0, 0.05) is 12.1 Å². The fourth-order valence-electron chi connectivity index (χ4n) is 2.79. The zero-order chi connectivity index (χ0) is 15.5. The molecule has 3 aromatic rings. The lowest BCUT2D eigenvalue weighted by molar-refractivity contribution is 0.427. The molecule has 1 aliphatic rings. The van der Waals surface area contributed by atoms with E-state index in [0.29, 0.717) is 23.1 Å². The minimum Gasteiger partial charge on any atom is -0.306 e. The Balaban J connectivity index is 1.81. The summed E-state index contributed by atoms with van der Waals surface area (Å²) in [6.07, 6.45) is 1.64. The number of H-pyrrole nitrogens is 3. The summed E-state index contributed by atoms with van der Waals surface area (Å²) < 4.78 is 27.1. The Kier molecular flexibility index (Phi) is 2.60. The summed E-state index contributed by atoms with van der Waals surface area (Å²) in [5, 5.41) is 6.71. The largest absolute Gasteiger partial charge is 0.323 e. The van der Waals surface area contributed by atoms with Crippen LogP contribution in [-0.2, 0) is 23.1 Å². The Morgan fingerprint density at radius 3 is 2.64 bits per heavy atom. The quantitative estimate of drug-likeness (QED) is 0.641. The molecule has 0 unspecified atom stereocenters. The second-order valence-corrected chi connectivity index (χ2v) is 7.30. The molecule has 0 aliphatic carbocycles. The SMILES string of the molecule is Cc1cc2[nH]c(=O)[nH]c2cc1S(=O)(=O)N1Cc2cn[nH]c2C1. The summed E-state index contributed by atoms with van der Waals surface area (Å²) in [6, 6.07) is 3.17. The molecule has 0 radical (unpaired) electrons. The van der Waals surface area contributed by atoms with Crippen molar-refractivity contribution in [3.63, 3.8) is 0 Å². The first-order valence-electron chi connectivity index (χ1n) is 6.69. The molecule has 0 fully saturated rings. The molecule has 0 atom stereocenters. The van der Waals surface area contributed by atoms with Crippen molar-refractivity contribution in [1.29, 1.82) is 0 Å². The smallest absolute Gasteiger partial charge is 0.306 e. The van der Waals surface area contributed by atoms with Gasteiger partial charge in [-0.3, -0.25) is 5.10 Å². The van der Waals surface area contributed by atoms with Crippen LogP contribution >= 0.6 is 0 Å². The van der Waals surface area contributed by atoms with Crippen molar-refractivity contribution >= 4 is 21.1 Å². The summed E-state index contributed by atoms with van der Waals surface area (Å²) in [6.45, 7) is 2.29. The van der Waals surface area contributed by atoms with Gasteiger partial charge in [0.1, 0.15) is 0 Å². The van der Waals surface area contributed by atoms with Crippen LogP contribution in [0.4, 0.5) is 0 Å². The lowest BCUT2D eigenvalue weighted by Crippen LogP contribution is -2.26. The Morgan fingerprint density at radius 1 is 1.18 bits per heavy atom. The van der Waals surface area contributed by atoms with Crippen LogP contribution < -0.4 is 5.69 Å². The molecule has 2 aromatic heterocycles. The van der Waals surface area contributed by atoms with Gasteiger partial charge in [-0.2, -0.15) is 9.40 Å². The molecule has 1 aliphatic heterocycles. The van der Waals surface area contributed by atoms with Crippen molar-refractivity contribution in [2.75, 3.05) is 0 Å². The number of fused-ring (bicyclic) bond motifs is 2. The molecule has 0 bridgehead atoms. The van der Waals surface area contributed by atoms with Gasteiger partial charge in [-0.05, 0) is 24.6 Å². The van der Waals surface area contributed by atoms with E-state index in [0.717, 1.165) is 11.3 Å². The average Bonchev–Trinajstić information content (AvgIpc) is 3.09. The van der Waals surface area contributed by atoms with Crippen molar-refractivity contribution in [3.8, 4) is 0 Å². The number of nitrogens with one attached hydrogen (secondary N) is 3. The van der Waals surface area contributed by atoms with Crippen LogP contribution in [0.3, 0.4) is 0 Å². The number of aromatic amines is 3. The number of aryl methyl sites for hydroxylation is 1. The van der Waals surface area contributed by atoms with Crippen molar-refractivity contribution in [2.45, 2.75) is 24.9 Å². The molecular formula is C13H13N5O3S. The fraction of sp³-hybridized carbons (Fsp3) is 0.231. The second kappa shape index (κ2) is 4.31. The van der Waals surface area contributed by atoms with Gasteiger partial charge in [0.15, 0.2) is 0 Å². The van der Waals surface area contributed by atoms with Crippen LogP contribution in [0, 0.1) is 6.92 Å². The van der Waals surface area contributed by atoms with Gasteiger partial charge < -0.3 is 9.97 Å². The predicted molar refractivity (Wildman–Crippen MR) is 78.7 cm³/mol. The summed E-state index contributed by atoms with van der Waals surface area (Å²) in [7, 11) is -3.64. The van der Waals surface area contributed by atoms with Crippen LogP contribution in [0.15, 0.2) is 28.0 Å². The van der Waals surface area contributed by atoms with Gasteiger partial charge >= 0.3 is 5.69 Å². The van der Waals surface area contributed by atoms with E-state index < -0.39 is 10.0 Å². The third-order valence-corrected chi connectivity index (χ3v) is 5.85. The van der Waals surface area contributed by atoms with E-state index in [2.05, 4.69) is 20.2 Å². The lowest BCUT2D eigenvalue weighted by Gasteiger charge is -2.17. The standard InChI is InChI=1S/C13H13N5O3S/c1-7-2-9-10(16-13(19)15-9)3-12(7)22(20,21)18-5-8-4-14-17-11(8)6-18/h2-4H,5-6H2,1H3,(H,14,17)(H2,15,16,19). The maximum Gasteiger partial charge on any atom is 0.323 e. The van der Waals surface area contributed by atoms with Gasteiger partial charge in [0.2, 0.25) is 10.0 Å². The van der Waals surface area contributed by atoms with Gasteiger partial charge in [0.05, 0.1) is 34.4 Å². The molecular weight excluding hydrogens is 306 g/mol. The molecule has 1 aromatic carbocycles. The number of imidazole rings is 1. The lowest BCUT2D eigenvalue weighted by atomic mass is 10.2. The average molecular weight is 319 g/mol. The highest BCUT2D eigenvalue weighted by Gasteiger charge is 2.33. The first kappa shape index (κ1) is 13.3. The molecule has 8 nitrogen and oxygen atoms in total. The Hall–Kier alpha value is -2.39. The van der Waals surface area contributed by atoms with E-state index >= 15 is 0 Å². The number of aromatic nitrogens is 4. The highest BCUT2D eigenvalue weighted by atomic mass is 32.2. The van der Waals surface area contributed by atoms with Gasteiger partial charge in [-0.25, -0.2) is 13.2 Å². The highest BCUT2D eigenvalue weighted by molar-refractivity contribution is 7.89. The number of benzene rings is 1. The zero-order valence-corrected chi connectivity index (χ0v) is 12.5. The van der Waals surface area contributed by atoms with E-state index in [1.807, 2.05) is 0 Å². The molecule has 0 saturated carbocycles. The van der Waals surface area contributed by atoms with Crippen molar-refractivity contribution in [2.24, 2.45) is 0 Å². The fourth-order valence-corrected chi connectivity index (χ4v) is 4.41. The van der Waals surface area contributed by atoms with Crippen molar-refractivity contribution < 1.29 is 8.42 Å². The topological polar surface area (TPSA) is 115 Å². The highest BCUT2D eigenvalue weighted by Crippen LogP contribution is 2.29. The van der Waals surface area contributed by atoms with Crippen molar-refractivity contribution in [3.05, 3.63) is 45.6 Å². The molecule has 114 valence electrons. The van der Waals surface area contributed by atoms with E-state index in [-0.39, 0.29) is 17.1 Å². The monoisotopic (exact) mass is 319 g/mol. The number of nitrogens with zero attached hydrogens (tertiary/aromatic N) is 2. The molecule has 3 N–H and O–H groups in total. The summed E-state index contributed by atoms with van der Waals surface area (Å²) in [5.41, 5.74) is 3.02. The minimum absolute atomic E-state index is 0.202. The third kappa shape index (κ3) is 1.82. The normalized spacial score (nSPS) is 15.5. The van der Waals surface area contributed by atoms with Crippen LogP contribution in [0.2, 0.25) is 0 Å². The molecule has 0 amide bonds. The van der Waals surface area contributed by atoms with Crippen molar-refractivity contribution in [1.82, 2.24) is 24.5 Å². The zero-order valence-electron chi connectivity index (χ0n) is 11.7. The summed E-state index contributed by atoms with van der Waals surface area (Å²) >= 11 is 0. The number of sulfonamides is 1. The van der Waals surface area contributed by atoms with E-state index in [4.69, 9.17) is 0 Å². The second-order valence-electron chi connectivity index (χ2n) is 5.39. The van der Waals surface area contributed by atoms with E-state index in [1.54, 1.807) is 19.2 Å². The summed E-state index contributed by atoms with van der Waals surface area (Å²) in [5.74, 6) is 0. The molecule has 0 saturated heterocycles. The van der Waals surface area contributed by atoms with Crippen LogP contribution in [-0.4, -0.2) is 32.9 Å². The van der Waals surface area contributed by atoms with Gasteiger partial charge in [-0.15, -0.1) is 0 Å². The molecule has 0 spiro atoms. The number of rotatable bonds is 2. The Morgan fingerprint density at radius 2 is 1.91 bits per heavy atom. The summed E-state index contributed by atoms with van der Waals surface area (Å²) in [4.78, 5) is 16.8. The van der Waals surface area contributed by atoms with E-state index in [1.165, 1.54) is 10.4 Å². The van der Waals surface area contributed by atoms with E-state index in [9.17, 15) is 13.2 Å². The predicted octanol–water partition coefficient (Wildman–Crippen LogP) is 0.592. The van der Waals surface area contributed by atoms with Crippen LogP contribution in [0.1, 0.15) is 16.8 Å². The molecule has 3 heterocycles.